The van der Waals surface area contributed by atoms with Crippen LogP contribution in [-0.2, 0) is 0 Å². The number of aromatic nitrogens is 2. The molecule has 0 saturated carbocycles. The number of pyridine rings is 1. The molecule has 0 aliphatic carbocycles. The van der Waals surface area contributed by atoms with Crippen molar-refractivity contribution < 1.29 is 9.13 Å². The van der Waals surface area contributed by atoms with Crippen molar-refractivity contribution >= 4 is 23.0 Å². The summed E-state index contributed by atoms with van der Waals surface area (Å²) in [7, 11) is 1.67. The Morgan fingerprint density at radius 2 is 1.80 bits per heavy atom. The van der Waals surface area contributed by atoms with Crippen LogP contribution >= 0.6 is 12.2 Å². The Balaban J connectivity index is 1.68. The highest BCUT2D eigenvalue weighted by molar-refractivity contribution is 7.80. The first-order chi connectivity index (χ1) is 16.9. The van der Waals surface area contributed by atoms with Crippen molar-refractivity contribution in [2.45, 2.75) is 32.9 Å². The number of anilines is 1. The lowest BCUT2D eigenvalue weighted by Gasteiger charge is -2.28. The van der Waals surface area contributed by atoms with Crippen LogP contribution in [0.4, 0.5) is 10.1 Å². The number of nitrogens with zero attached hydrogens (tertiary/aromatic N) is 3. The van der Waals surface area contributed by atoms with E-state index in [0.29, 0.717) is 10.7 Å². The number of halogens is 1. The third-order valence-corrected chi connectivity index (χ3v) is 6.93. The molecule has 2 unspecified atom stereocenters. The maximum Gasteiger partial charge on any atom is 0.174 e. The molecule has 1 aliphatic rings. The van der Waals surface area contributed by atoms with Gasteiger partial charge in [-0.3, -0.25) is 4.98 Å². The Kier molecular flexibility index (Phi) is 6.03. The predicted octanol–water partition coefficient (Wildman–Crippen LogP) is 6.12. The number of benzene rings is 2. The number of thiocarbonyl (C=S) groups is 1. The molecule has 178 valence electrons. The van der Waals surface area contributed by atoms with Crippen LogP contribution in [0, 0.1) is 26.6 Å². The Labute approximate surface area is 210 Å². The maximum absolute atomic E-state index is 14.1. The fraction of sp³-hybridized carbons (Fsp3) is 0.214. The molecule has 5 nitrogen and oxygen atoms in total. The van der Waals surface area contributed by atoms with Gasteiger partial charge in [-0.2, -0.15) is 0 Å². The van der Waals surface area contributed by atoms with E-state index >= 15 is 0 Å². The van der Waals surface area contributed by atoms with Crippen LogP contribution in [0.15, 0.2) is 72.9 Å². The van der Waals surface area contributed by atoms with Crippen LogP contribution in [-0.4, -0.2) is 21.8 Å². The highest BCUT2D eigenvalue weighted by Crippen LogP contribution is 2.44. The molecule has 0 radical (unpaired) electrons. The standard InChI is InChI=1S/C28H27FN4OS/c1-17-14-21(11-12-24(17)29)33-27(26(31-28(33)35)25-10-5-6-13-30-25)23-15-18(2)32(19(23)3)20-8-7-9-22(16-20)34-4/h5-16,26-27H,1-4H3,(H,31,35). The molecule has 5 rings (SSSR count). The predicted molar refractivity (Wildman–Crippen MR) is 141 cm³/mol. The first-order valence-electron chi connectivity index (χ1n) is 11.5. The van der Waals surface area contributed by atoms with E-state index < -0.39 is 0 Å². The van der Waals surface area contributed by atoms with E-state index in [1.165, 1.54) is 6.07 Å². The zero-order valence-corrected chi connectivity index (χ0v) is 20.9. The molecule has 0 spiro atoms. The van der Waals surface area contributed by atoms with Crippen molar-refractivity contribution in [3.8, 4) is 11.4 Å². The summed E-state index contributed by atoms with van der Waals surface area (Å²) in [5.74, 6) is 0.566. The van der Waals surface area contributed by atoms with Gasteiger partial charge in [-0.15, -0.1) is 0 Å². The van der Waals surface area contributed by atoms with Gasteiger partial charge in [0.15, 0.2) is 5.11 Å². The highest BCUT2D eigenvalue weighted by Gasteiger charge is 2.42. The molecule has 0 amide bonds. The average Bonchev–Trinajstić information content (AvgIpc) is 3.36. The average molecular weight is 487 g/mol. The lowest BCUT2D eigenvalue weighted by molar-refractivity contribution is 0.414. The van der Waals surface area contributed by atoms with Gasteiger partial charge >= 0.3 is 0 Å². The lowest BCUT2D eigenvalue weighted by Crippen LogP contribution is -2.29. The molecule has 1 aliphatic heterocycles. The molecule has 2 aromatic carbocycles. The van der Waals surface area contributed by atoms with E-state index in [-0.39, 0.29) is 17.9 Å². The normalized spacial score (nSPS) is 17.5. The number of hydrogen-bond acceptors (Lipinski definition) is 3. The van der Waals surface area contributed by atoms with Crippen molar-refractivity contribution in [3.05, 3.63) is 107 Å². The molecule has 35 heavy (non-hydrogen) atoms. The molecular weight excluding hydrogens is 459 g/mol. The summed E-state index contributed by atoms with van der Waals surface area (Å²) in [6.07, 6.45) is 1.79. The zero-order valence-electron chi connectivity index (χ0n) is 20.1. The summed E-state index contributed by atoms with van der Waals surface area (Å²) in [6, 6.07) is 20.9. The van der Waals surface area contributed by atoms with Crippen molar-refractivity contribution in [2.75, 3.05) is 12.0 Å². The van der Waals surface area contributed by atoms with Crippen LogP contribution in [0.2, 0.25) is 0 Å². The van der Waals surface area contributed by atoms with Gasteiger partial charge in [0.1, 0.15) is 11.6 Å². The van der Waals surface area contributed by atoms with Crippen LogP contribution in [0.3, 0.4) is 0 Å². The van der Waals surface area contributed by atoms with E-state index in [9.17, 15) is 4.39 Å². The summed E-state index contributed by atoms with van der Waals surface area (Å²) in [6.45, 7) is 5.98. The third-order valence-electron chi connectivity index (χ3n) is 6.62. The van der Waals surface area contributed by atoms with Crippen LogP contribution in [0.5, 0.6) is 5.75 Å². The first kappa shape index (κ1) is 23.1. The fourth-order valence-corrected chi connectivity index (χ4v) is 5.31. The second-order valence-electron chi connectivity index (χ2n) is 8.79. The van der Waals surface area contributed by atoms with Gasteiger partial charge in [0.05, 0.1) is 24.9 Å². The Morgan fingerprint density at radius 3 is 2.51 bits per heavy atom. The smallest absolute Gasteiger partial charge is 0.174 e. The monoisotopic (exact) mass is 486 g/mol. The van der Waals surface area contributed by atoms with Gasteiger partial charge in [0.25, 0.3) is 0 Å². The van der Waals surface area contributed by atoms with Gasteiger partial charge in [-0.05, 0) is 92.6 Å². The van der Waals surface area contributed by atoms with Gasteiger partial charge in [0.2, 0.25) is 0 Å². The van der Waals surface area contributed by atoms with Crippen molar-refractivity contribution in [3.63, 3.8) is 0 Å². The molecule has 3 heterocycles. The number of hydrogen-bond donors (Lipinski definition) is 1. The number of ether oxygens (including phenoxy) is 1. The maximum atomic E-state index is 14.1. The van der Waals surface area contributed by atoms with Gasteiger partial charge in [-0.25, -0.2) is 4.39 Å². The van der Waals surface area contributed by atoms with E-state index in [0.717, 1.165) is 39.8 Å². The van der Waals surface area contributed by atoms with E-state index in [2.05, 4.69) is 45.7 Å². The minimum absolute atomic E-state index is 0.173. The van der Waals surface area contributed by atoms with Crippen molar-refractivity contribution in [1.82, 2.24) is 14.9 Å². The molecule has 2 aromatic heterocycles. The molecule has 1 saturated heterocycles. The van der Waals surface area contributed by atoms with Crippen LogP contribution < -0.4 is 15.0 Å². The summed E-state index contributed by atoms with van der Waals surface area (Å²) >= 11 is 5.83. The van der Waals surface area contributed by atoms with E-state index in [1.54, 1.807) is 26.3 Å². The van der Waals surface area contributed by atoms with Crippen LogP contribution in [0.1, 0.15) is 40.3 Å². The topological polar surface area (TPSA) is 42.3 Å². The molecule has 1 N–H and O–H groups in total. The van der Waals surface area contributed by atoms with Crippen molar-refractivity contribution in [1.29, 1.82) is 0 Å². The second-order valence-corrected chi connectivity index (χ2v) is 9.18. The Hall–Kier alpha value is -3.71. The molecule has 1 fully saturated rings. The first-order valence-corrected chi connectivity index (χ1v) is 11.9. The van der Waals surface area contributed by atoms with Crippen molar-refractivity contribution in [2.24, 2.45) is 0 Å². The number of methoxy groups -OCH3 is 1. The SMILES string of the molecule is COc1cccc(-n2c(C)cc(C3C(c4ccccn4)NC(=S)N3c3ccc(F)c(C)c3)c2C)c1. The Bertz CT molecular complexity index is 1400. The quantitative estimate of drug-likeness (QED) is 0.344. The van der Waals surface area contributed by atoms with Gasteiger partial charge in [-0.1, -0.05) is 12.1 Å². The van der Waals surface area contributed by atoms with Crippen LogP contribution in [0.25, 0.3) is 5.69 Å². The lowest BCUT2D eigenvalue weighted by atomic mass is 9.96. The number of aryl methyl sites for hydroxylation is 2. The summed E-state index contributed by atoms with van der Waals surface area (Å²) in [5.41, 5.74) is 6.65. The molecule has 0 bridgehead atoms. The largest absolute Gasteiger partial charge is 0.497 e. The summed E-state index contributed by atoms with van der Waals surface area (Å²) < 4.78 is 21.8. The number of rotatable bonds is 5. The Morgan fingerprint density at radius 1 is 0.971 bits per heavy atom. The summed E-state index contributed by atoms with van der Waals surface area (Å²) in [4.78, 5) is 6.72. The fourth-order valence-electron chi connectivity index (χ4n) is 4.96. The zero-order chi connectivity index (χ0) is 24.7. The highest BCUT2D eigenvalue weighted by atomic mass is 32.1. The third kappa shape index (κ3) is 4.06. The number of nitrogens with one attached hydrogen (secondary N) is 1. The minimum atomic E-state index is -0.235. The molecule has 2 atom stereocenters. The van der Waals surface area contributed by atoms with Gasteiger partial charge < -0.3 is 19.5 Å². The molecular formula is C28H27FN4OS. The van der Waals surface area contributed by atoms with E-state index in [4.69, 9.17) is 17.0 Å². The molecule has 4 aromatic rings. The van der Waals surface area contributed by atoms with E-state index in [1.807, 2.05) is 42.5 Å². The summed E-state index contributed by atoms with van der Waals surface area (Å²) in [5, 5.41) is 4.07. The minimum Gasteiger partial charge on any atom is -0.497 e. The molecule has 7 heteroatoms. The second kappa shape index (κ2) is 9.15. The van der Waals surface area contributed by atoms with Gasteiger partial charge in [0, 0.05) is 35.0 Å².